The lowest BCUT2D eigenvalue weighted by Crippen LogP contribution is -2.39. The summed E-state index contributed by atoms with van der Waals surface area (Å²) in [5.74, 6) is -1.01. The van der Waals surface area contributed by atoms with E-state index >= 15 is 0 Å². The molecule has 0 saturated carbocycles. The van der Waals surface area contributed by atoms with E-state index in [2.05, 4.69) is 79.6 Å². The average Bonchev–Trinajstić information content (AvgIpc) is 3.48. The fraction of sp³-hybridized carbons (Fsp3) is 0.273. The highest BCUT2D eigenvalue weighted by Crippen LogP contribution is 2.40. The summed E-state index contributed by atoms with van der Waals surface area (Å²) < 4.78 is 6.09. The molecule has 5 aromatic rings. The fourth-order valence-electron chi connectivity index (χ4n) is 6.19. The van der Waals surface area contributed by atoms with Gasteiger partial charge in [0.2, 0.25) is 6.04 Å². The van der Waals surface area contributed by atoms with Gasteiger partial charge in [-0.05, 0) is 83.2 Å². The number of nitrogens with zero attached hydrogens (tertiary/aromatic N) is 4. The van der Waals surface area contributed by atoms with E-state index in [9.17, 15) is 14.4 Å². The molecule has 0 spiro atoms. The zero-order valence-electron chi connectivity index (χ0n) is 32.5. The van der Waals surface area contributed by atoms with Crippen molar-refractivity contribution in [1.29, 1.82) is 0 Å². The molecule has 10 nitrogen and oxygen atoms in total. The Hall–Kier alpha value is -5.29. The van der Waals surface area contributed by atoms with Crippen LogP contribution >= 0.6 is 34.8 Å². The average molecular weight is 826 g/mol. The van der Waals surface area contributed by atoms with Gasteiger partial charge in [0, 0.05) is 27.2 Å². The molecule has 5 aromatic carbocycles. The van der Waals surface area contributed by atoms with Crippen LogP contribution in [-0.2, 0) is 20.4 Å². The van der Waals surface area contributed by atoms with E-state index in [0.717, 1.165) is 34.2 Å². The molecule has 0 saturated heterocycles. The third-order valence-corrected chi connectivity index (χ3v) is 11.2. The Morgan fingerprint density at radius 3 is 2.18 bits per heavy atom. The second-order valence-corrected chi connectivity index (χ2v) is 16.3. The van der Waals surface area contributed by atoms with E-state index in [0.29, 0.717) is 17.1 Å². The molecule has 0 bridgehead atoms. The number of carbonyl (C=O) groups excluding carboxylic acids is 3. The van der Waals surface area contributed by atoms with E-state index < -0.39 is 17.9 Å². The van der Waals surface area contributed by atoms with E-state index in [1.165, 1.54) is 29.8 Å². The highest BCUT2D eigenvalue weighted by atomic mass is 35.5. The van der Waals surface area contributed by atoms with Crippen molar-refractivity contribution in [3.63, 3.8) is 0 Å². The van der Waals surface area contributed by atoms with Gasteiger partial charge in [-0.25, -0.2) is 0 Å². The molecule has 3 amide bonds. The molecule has 1 aliphatic heterocycles. The van der Waals surface area contributed by atoms with Gasteiger partial charge in [-0.1, -0.05) is 125 Å². The fourth-order valence-corrected chi connectivity index (χ4v) is 7.17. The Labute approximate surface area is 347 Å². The minimum atomic E-state index is -1.34. The van der Waals surface area contributed by atoms with Crippen molar-refractivity contribution in [3.8, 4) is 5.75 Å². The molecule has 57 heavy (non-hydrogen) atoms. The van der Waals surface area contributed by atoms with Crippen LogP contribution in [0.15, 0.2) is 112 Å². The SMILES string of the molecule is CCC(C)(C)c1ccc(OCC(=O)Nc2ccc(C(=O)NC3=NN(c4c(Cl)cc(Cl)cc4Cl)C(=O)C3N=Nc3cccc4ccccc34)cc2)c(C(C)(C)CC)c1. The predicted molar refractivity (Wildman–Crippen MR) is 230 cm³/mol. The highest BCUT2D eigenvalue weighted by molar-refractivity contribution is 6.43. The third-order valence-electron chi connectivity index (χ3n) is 10.4. The number of anilines is 2. The monoisotopic (exact) mass is 824 g/mol. The first kappa shape index (κ1) is 41.3. The van der Waals surface area contributed by atoms with Crippen molar-refractivity contribution < 1.29 is 19.1 Å². The molecule has 1 aliphatic rings. The van der Waals surface area contributed by atoms with Gasteiger partial charge < -0.3 is 15.4 Å². The molecule has 1 atom stereocenters. The Bertz CT molecular complexity index is 2380. The van der Waals surface area contributed by atoms with E-state index in [4.69, 9.17) is 39.5 Å². The van der Waals surface area contributed by atoms with Crippen LogP contribution in [0.3, 0.4) is 0 Å². The first-order valence-corrected chi connectivity index (χ1v) is 19.7. The van der Waals surface area contributed by atoms with Crippen LogP contribution in [0.4, 0.5) is 17.1 Å². The van der Waals surface area contributed by atoms with Crippen LogP contribution in [0.2, 0.25) is 15.1 Å². The second-order valence-electron chi connectivity index (χ2n) is 15.0. The van der Waals surface area contributed by atoms with E-state index in [1.54, 1.807) is 18.2 Å². The second kappa shape index (κ2) is 17.1. The lowest BCUT2D eigenvalue weighted by atomic mass is 9.76. The topological polar surface area (TPSA) is 125 Å². The molecule has 1 heterocycles. The van der Waals surface area contributed by atoms with Crippen molar-refractivity contribution in [1.82, 2.24) is 5.32 Å². The summed E-state index contributed by atoms with van der Waals surface area (Å²) in [5, 5.41) is 21.9. The van der Waals surface area contributed by atoms with Gasteiger partial charge in [0.05, 0.1) is 15.7 Å². The molecule has 0 aromatic heterocycles. The van der Waals surface area contributed by atoms with Gasteiger partial charge in [-0.15, -0.1) is 5.10 Å². The number of halogens is 3. The Balaban J connectivity index is 1.18. The number of nitrogens with one attached hydrogen (secondary N) is 2. The van der Waals surface area contributed by atoms with Crippen molar-refractivity contribution in [2.45, 2.75) is 71.3 Å². The summed E-state index contributed by atoms with van der Waals surface area (Å²) >= 11 is 19.0. The highest BCUT2D eigenvalue weighted by Gasteiger charge is 2.40. The van der Waals surface area contributed by atoms with E-state index in [1.807, 2.05) is 42.5 Å². The van der Waals surface area contributed by atoms with Crippen molar-refractivity contribution in [2.24, 2.45) is 15.3 Å². The number of ether oxygens (including phenoxy) is 1. The molecular formula is C44H43Cl3N6O4. The zero-order chi connectivity index (χ0) is 41.1. The van der Waals surface area contributed by atoms with Gasteiger partial charge >= 0.3 is 0 Å². The smallest absolute Gasteiger partial charge is 0.282 e. The predicted octanol–water partition coefficient (Wildman–Crippen LogP) is 11.4. The van der Waals surface area contributed by atoms with Crippen molar-refractivity contribution in [3.05, 3.63) is 129 Å². The van der Waals surface area contributed by atoms with Crippen LogP contribution < -0.4 is 20.4 Å². The Morgan fingerprint density at radius 1 is 0.825 bits per heavy atom. The van der Waals surface area contributed by atoms with Crippen molar-refractivity contribution >= 4 is 86.2 Å². The molecule has 0 radical (unpaired) electrons. The minimum absolute atomic E-state index is 0.00478. The number of azo groups is 1. The number of amides is 3. The number of fused-ring (bicyclic) bond motifs is 1. The van der Waals surface area contributed by atoms with Gasteiger partial charge in [0.15, 0.2) is 12.4 Å². The summed E-state index contributed by atoms with van der Waals surface area (Å²) in [6.45, 7) is 12.9. The van der Waals surface area contributed by atoms with Crippen LogP contribution in [0.5, 0.6) is 5.75 Å². The summed E-state index contributed by atoms with van der Waals surface area (Å²) in [6, 6.07) is 27.2. The molecular weight excluding hydrogens is 783 g/mol. The molecule has 0 fully saturated rings. The number of hydrogen-bond donors (Lipinski definition) is 2. The first-order valence-electron chi connectivity index (χ1n) is 18.6. The van der Waals surface area contributed by atoms with Crippen LogP contribution in [0, 0.1) is 0 Å². The molecule has 0 aliphatic carbocycles. The van der Waals surface area contributed by atoms with Crippen molar-refractivity contribution in [2.75, 3.05) is 16.9 Å². The number of rotatable bonds is 12. The lowest BCUT2D eigenvalue weighted by molar-refractivity contribution is -0.118. The largest absolute Gasteiger partial charge is 0.483 e. The summed E-state index contributed by atoms with van der Waals surface area (Å²) in [5.41, 5.74) is 3.42. The summed E-state index contributed by atoms with van der Waals surface area (Å²) in [4.78, 5) is 40.5. The lowest BCUT2D eigenvalue weighted by Gasteiger charge is -2.30. The number of hydrogen-bond acceptors (Lipinski definition) is 7. The molecule has 6 rings (SSSR count). The van der Waals surface area contributed by atoms with Gasteiger partial charge in [0.25, 0.3) is 17.7 Å². The Morgan fingerprint density at radius 2 is 1.49 bits per heavy atom. The summed E-state index contributed by atoms with van der Waals surface area (Å²) in [7, 11) is 0. The number of carbonyl (C=O) groups is 3. The Kier molecular flexibility index (Phi) is 12.4. The maximum Gasteiger partial charge on any atom is 0.282 e. The van der Waals surface area contributed by atoms with Gasteiger partial charge in [0.1, 0.15) is 11.4 Å². The maximum atomic E-state index is 13.9. The molecule has 2 N–H and O–H groups in total. The number of hydrazone groups is 1. The minimum Gasteiger partial charge on any atom is -0.483 e. The normalized spacial score (nSPS) is 14.6. The van der Waals surface area contributed by atoms with Gasteiger partial charge in [-0.3, -0.25) is 14.4 Å². The van der Waals surface area contributed by atoms with Crippen LogP contribution in [0.1, 0.15) is 75.9 Å². The number of amidine groups is 1. The van der Waals surface area contributed by atoms with Gasteiger partial charge in [-0.2, -0.15) is 15.2 Å². The number of benzene rings is 5. The standard InChI is InChI=1S/C44H43Cl3N6O4/c1-7-43(3,4)28-18-21-36(32(22-28)44(5,6)8-2)57-25-37(54)48-30-19-16-27(17-20-30)41(55)49-40-38(51-50-35-15-11-13-26-12-9-10-14-31(26)35)42(56)53(52-40)39-33(46)23-29(45)24-34(39)47/h9-24,38H,7-8,25H2,1-6H3,(H,48,54)(H,49,52,55). The zero-order valence-corrected chi connectivity index (χ0v) is 34.8. The van der Waals surface area contributed by atoms with Crippen LogP contribution in [-0.4, -0.2) is 36.2 Å². The third kappa shape index (κ3) is 9.14. The quantitative estimate of drug-likeness (QED) is 0.122. The molecule has 13 heteroatoms. The van der Waals surface area contributed by atoms with E-state index in [-0.39, 0.29) is 55.5 Å². The van der Waals surface area contributed by atoms with Crippen LogP contribution in [0.25, 0.3) is 10.8 Å². The first-order chi connectivity index (χ1) is 27.1. The molecule has 1 unspecified atom stereocenters. The molecule has 294 valence electrons. The maximum absolute atomic E-state index is 13.9. The summed E-state index contributed by atoms with van der Waals surface area (Å²) in [6.07, 6.45) is 1.89.